The van der Waals surface area contributed by atoms with Crippen LogP contribution in [0.2, 0.25) is 0 Å². The van der Waals surface area contributed by atoms with E-state index in [1.165, 1.54) is 5.56 Å². The van der Waals surface area contributed by atoms with Gasteiger partial charge in [-0.05, 0) is 5.56 Å². The standard InChI is InChI=1S/C15H22NO3/c1-16(2)13-12(19-15(17-3)14(13)16)10-18-9-11-7-5-4-6-8-11/h4-8,12-15H,9-10H2,1-3H3/q+1/t12-,13-,14-,15-/m1/s1. The van der Waals surface area contributed by atoms with Crippen LogP contribution in [-0.2, 0) is 20.8 Å². The lowest BCUT2D eigenvalue weighted by Crippen LogP contribution is -2.38. The van der Waals surface area contributed by atoms with Gasteiger partial charge in [-0.15, -0.1) is 0 Å². The SMILES string of the molecule is CO[C@@H]1O[C@H](COCc2ccccc2)[C@@H]2[C@H]1[N+]2(C)C. The molecule has 0 amide bonds. The van der Waals surface area contributed by atoms with Crippen molar-refractivity contribution in [3.63, 3.8) is 0 Å². The van der Waals surface area contributed by atoms with Crippen LogP contribution in [0.1, 0.15) is 5.56 Å². The summed E-state index contributed by atoms with van der Waals surface area (Å²) in [6, 6.07) is 11.2. The van der Waals surface area contributed by atoms with E-state index < -0.39 is 0 Å². The van der Waals surface area contributed by atoms with Crippen LogP contribution < -0.4 is 0 Å². The van der Waals surface area contributed by atoms with Crippen LogP contribution in [0.4, 0.5) is 0 Å². The van der Waals surface area contributed by atoms with Gasteiger partial charge >= 0.3 is 0 Å². The Morgan fingerprint density at radius 3 is 2.53 bits per heavy atom. The summed E-state index contributed by atoms with van der Waals surface area (Å²) in [4.78, 5) is 0. The molecule has 0 unspecified atom stereocenters. The van der Waals surface area contributed by atoms with Crippen molar-refractivity contribution in [3.05, 3.63) is 35.9 Å². The van der Waals surface area contributed by atoms with Gasteiger partial charge in [0.2, 0.25) is 6.29 Å². The number of ether oxygens (including phenoxy) is 3. The van der Waals surface area contributed by atoms with E-state index in [0.29, 0.717) is 25.3 Å². The molecule has 4 atom stereocenters. The molecule has 0 bridgehead atoms. The van der Waals surface area contributed by atoms with Crippen LogP contribution in [0.25, 0.3) is 0 Å². The number of methoxy groups -OCH3 is 1. The fourth-order valence-corrected chi connectivity index (χ4v) is 3.28. The maximum atomic E-state index is 5.88. The highest BCUT2D eigenvalue weighted by Gasteiger charge is 2.74. The van der Waals surface area contributed by atoms with Crippen molar-refractivity contribution in [2.75, 3.05) is 27.8 Å². The van der Waals surface area contributed by atoms with Gasteiger partial charge in [0.05, 0.1) is 27.3 Å². The Balaban J connectivity index is 1.52. The van der Waals surface area contributed by atoms with Gasteiger partial charge in [0.15, 0.2) is 12.1 Å². The smallest absolute Gasteiger partial charge is 0.217 e. The highest BCUT2D eigenvalue weighted by molar-refractivity contribution is 5.13. The van der Waals surface area contributed by atoms with Gasteiger partial charge in [0.1, 0.15) is 6.10 Å². The lowest BCUT2D eigenvalue weighted by molar-refractivity contribution is -0.799. The number of nitrogens with zero attached hydrogens (tertiary/aromatic N) is 1. The van der Waals surface area contributed by atoms with Crippen LogP contribution in [0.5, 0.6) is 0 Å². The number of hydrogen-bond acceptors (Lipinski definition) is 3. The first-order valence-electron chi connectivity index (χ1n) is 6.78. The summed E-state index contributed by atoms with van der Waals surface area (Å²) in [5.74, 6) is 0. The first-order chi connectivity index (χ1) is 9.14. The highest BCUT2D eigenvalue weighted by atomic mass is 16.7. The van der Waals surface area contributed by atoms with E-state index in [1.807, 2.05) is 18.2 Å². The third kappa shape index (κ3) is 2.30. The number of hydrogen-bond donors (Lipinski definition) is 0. The van der Waals surface area contributed by atoms with Crippen molar-refractivity contribution in [1.82, 2.24) is 0 Å². The van der Waals surface area contributed by atoms with E-state index in [9.17, 15) is 0 Å². The van der Waals surface area contributed by atoms with Crippen LogP contribution in [0.15, 0.2) is 30.3 Å². The summed E-state index contributed by atoms with van der Waals surface area (Å²) in [6.45, 7) is 1.28. The van der Waals surface area contributed by atoms with Gasteiger partial charge in [-0.3, -0.25) is 0 Å². The minimum Gasteiger partial charge on any atom is -0.374 e. The molecule has 3 rings (SSSR count). The van der Waals surface area contributed by atoms with Crippen LogP contribution in [0, 0.1) is 0 Å². The van der Waals surface area contributed by atoms with E-state index in [2.05, 4.69) is 26.2 Å². The quantitative estimate of drug-likeness (QED) is 0.594. The van der Waals surface area contributed by atoms with Gasteiger partial charge < -0.3 is 18.7 Å². The Morgan fingerprint density at radius 1 is 1.16 bits per heavy atom. The second-order valence-electron chi connectivity index (χ2n) is 5.89. The third-order valence-corrected chi connectivity index (χ3v) is 4.39. The zero-order valence-electron chi connectivity index (χ0n) is 11.8. The van der Waals surface area contributed by atoms with Crippen LogP contribution in [0.3, 0.4) is 0 Å². The van der Waals surface area contributed by atoms with Crippen LogP contribution in [-0.4, -0.2) is 56.8 Å². The van der Waals surface area contributed by atoms with E-state index >= 15 is 0 Å². The normalized spacial score (nSPS) is 35.1. The molecule has 4 heteroatoms. The van der Waals surface area contributed by atoms with Gasteiger partial charge in [0.25, 0.3) is 0 Å². The molecule has 4 nitrogen and oxygen atoms in total. The molecule has 0 spiro atoms. The minimum absolute atomic E-state index is 0.0784. The van der Waals surface area contributed by atoms with Gasteiger partial charge in [-0.1, -0.05) is 30.3 Å². The van der Waals surface area contributed by atoms with Crippen molar-refractivity contribution >= 4 is 0 Å². The molecule has 1 aromatic rings. The van der Waals surface area contributed by atoms with Crippen LogP contribution >= 0.6 is 0 Å². The predicted molar refractivity (Wildman–Crippen MR) is 71.5 cm³/mol. The number of morpholine rings is 1. The topological polar surface area (TPSA) is 27.7 Å². The average Bonchev–Trinajstić information content (AvgIpc) is 2.81. The molecule has 2 aliphatic heterocycles. The molecular weight excluding hydrogens is 242 g/mol. The maximum Gasteiger partial charge on any atom is 0.217 e. The number of quaternary nitrogens is 1. The maximum absolute atomic E-state index is 5.88. The minimum atomic E-state index is -0.0784. The van der Waals surface area contributed by atoms with Crippen molar-refractivity contribution in [3.8, 4) is 0 Å². The van der Waals surface area contributed by atoms with Crippen molar-refractivity contribution in [1.29, 1.82) is 0 Å². The molecule has 2 heterocycles. The molecule has 0 N–H and O–H groups in total. The van der Waals surface area contributed by atoms with E-state index in [-0.39, 0.29) is 12.4 Å². The summed E-state index contributed by atoms with van der Waals surface area (Å²) in [5, 5.41) is 0. The Kier molecular flexibility index (Phi) is 3.35. The van der Waals surface area contributed by atoms with Gasteiger partial charge in [-0.25, -0.2) is 0 Å². The number of likely N-dealkylation sites (N-methyl/N-ethyl adjacent to an activating group) is 1. The van der Waals surface area contributed by atoms with Crippen molar-refractivity contribution in [2.45, 2.75) is 31.1 Å². The molecule has 2 saturated heterocycles. The third-order valence-electron chi connectivity index (χ3n) is 4.39. The van der Waals surface area contributed by atoms with Crippen molar-refractivity contribution < 1.29 is 18.7 Å². The Bertz CT molecular complexity index is 434. The van der Waals surface area contributed by atoms with Gasteiger partial charge in [-0.2, -0.15) is 0 Å². The molecular formula is C15H22NO3+. The zero-order valence-corrected chi connectivity index (χ0v) is 11.8. The number of fused-ring (bicyclic) bond motifs is 1. The second-order valence-corrected chi connectivity index (χ2v) is 5.89. The van der Waals surface area contributed by atoms with Gasteiger partial charge in [0, 0.05) is 7.11 Å². The second kappa shape index (κ2) is 4.87. The van der Waals surface area contributed by atoms with Crippen molar-refractivity contribution in [2.24, 2.45) is 0 Å². The first-order valence-corrected chi connectivity index (χ1v) is 6.78. The zero-order chi connectivity index (χ0) is 13.5. The fraction of sp³-hybridized carbons (Fsp3) is 0.600. The Hall–Kier alpha value is -0.940. The molecule has 2 fully saturated rings. The monoisotopic (exact) mass is 264 g/mol. The molecule has 0 aliphatic carbocycles. The molecule has 1 aromatic carbocycles. The first kappa shape index (κ1) is 13.1. The summed E-state index contributed by atoms with van der Waals surface area (Å²) in [6.07, 6.45) is 0.0685. The molecule has 19 heavy (non-hydrogen) atoms. The summed E-state index contributed by atoms with van der Waals surface area (Å²) in [7, 11) is 6.18. The number of rotatable bonds is 5. The predicted octanol–water partition coefficient (Wildman–Crippen LogP) is 1.40. The molecule has 0 aromatic heterocycles. The summed E-state index contributed by atoms with van der Waals surface area (Å²) < 4.78 is 18.1. The Labute approximate surface area is 114 Å². The molecule has 0 saturated carbocycles. The summed E-state index contributed by atoms with van der Waals surface area (Å²) >= 11 is 0. The van der Waals surface area contributed by atoms with E-state index in [4.69, 9.17) is 14.2 Å². The fourth-order valence-electron chi connectivity index (χ4n) is 3.28. The Morgan fingerprint density at radius 2 is 1.89 bits per heavy atom. The number of benzene rings is 1. The molecule has 2 aliphatic rings. The largest absolute Gasteiger partial charge is 0.374 e. The van der Waals surface area contributed by atoms with E-state index in [1.54, 1.807) is 7.11 Å². The molecule has 0 radical (unpaired) electrons. The van der Waals surface area contributed by atoms with E-state index in [0.717, 1.165) is 4.48 Å². The average molecular weight is 264 g/mol. The lowest BCUT2D eigenvalue weighted by Gasteiger charge is -2.23. The molecule has 104 valence electrons. The lowest BCUT2D eigenvalue weighted by atomic mass is 10.2. The highest BCUT2D eigenvalue weighted by Crippen LogP contribution is 2.47. The summed E-state index contributed by atoms with van der Waals surface area (Å²) in [5.41, 5.74) is 1.20.